The van der Waals surface area contributed by atoms with Gasteiger partial charge in [-0.15, -0.1) is 0 Å². The van der Waals surface area contributed by atoms with Crippen molar-refractivity contribution in [2.45, 2.75) is 24.6 Å². The van der Waals surface area contributed by atoms with Crippen molar-refractivity contribution < 1.29 is 4.92 Å². The summed E-state index contributed by atoms with van der Waals surface area (Å²) in [7, 11) is 0. The fourth-order valence-corrected chi connectivity index (χ4v) is 1.88. The highest BCUT2D eigenvalue weighted by Crippen LogP contribution is 2.32. The second kappa shape index (κ2) is 4.94. The van der Waals surface area contributed by atoms with Gasteiger partial charge in [0.1, 0.15) is 0 Å². The van der Waals surface area contributed by atoms with Gasteiger partial charge in [0.2, 0.25) is 0 Å². The summed E-state index contributed by atoms with van der Waals surface area (Å²) >= 11 is 9.45. The zero-order valence-corrected chi connectivity index (χ0v) is 10.7. The zero-order valence-electron chi connectivity index (χ0n) is 8.41. The monoisotopic (exact) mass is 291 g/mol. The molecule has 2 unspecified atom stereocenters. The smallest absolute Gasteiger partial charge is 0.258 e. The van der Waals surface area contributed by atoms with Crippen LogP contribution in [0.2, 0.25) is 5.02 Å². The molecule has 1 aromatic rings. The number of benzene rings is 1. The van der Waals surface area contributed by atoms with Gasteiger partial charge in [-0.05, 0) is 11.5 Å². The molecule has 5 heteroatoms. The molecule has 15 heavy (non-hydrogen) atoms. The third-order valence-corrected chi connectivity index (χ3v) is 3.49. The molecule has 0 saturated carbocycles. The lowest BCUT2D eigenvalue weighted by atomic mass is 9.98. The fraction of sp³-hybridized carbons (Fsp3) is 0.400. The fourth-order valence-electron chi connectivity index (χ4n) is 1.25. The number of nitrogens with zero attached hydrogens (tertiary/aromatic N) is 1. The zero-order chi connectivity index (χ0) is 11.6. The molecule has 3 nitrogen and oxygen atoms in total. The van der Waals surface area contributed by atoms with Crippen molar-refractivity contribution in [1.82, 2.24) is 0 Å². The lowest BCUT2D eigenvalue weighted by molar-refractivity contribution is -0.384. The number of hydrogen-bond donors (Lipinski definition) is 0. The third kappa shape index (κ3) is 2.92. The number of nitro benzene ring substituents is 1. The maximum atomic E-state index is 10.5. The molecule has 0 N–H and O–H groups in total. The molecule has 1 rings (SSSR count). The molecule has 0 radical (unpaired) electrons. The standard InChI is InChI=1S/C10H11BrClNO2/c1-6(7(2)11)9-4-3-8(13(14)15)5-10(9)12/h3-7H,1-2H3. The van der Waals surface area contributed by atoms with Gasteiger partial charge in [-0.3, -0.25) is 10.1 Å². The SMILES string of the molecule is CC(Br)C(C)c1ccc([N+](=O)[O-])cc1Cl. The summed E-state index contributed by atoms with van der Waals surface area (Å²) in [6.07, 6.45) is 0. The minimum absolute atomic E-state index is 0.0261. The van der Waals surface area contributed by atoms with E-state index in [9.17, 15) is 10.1 Å². The van der Waals surface area contributed by atoms with Crippen LogP contribution in [0.15, 0.2) is 18.2 Å². The van der Waals surface area contributed by atoms with Crippen molar-refractivity contribution in [3.05, 3.63) is 38.9 Å². The largest absolute Gasteiger partial charge is 0.270 e. The van der Waals surface area contributed by atoms with Crippen LogP contribution in [0.25, 0.3) is 0 Å². The summed E-state index contributed by atoms with van der Waals surface area (Å²) in [5, 5.41) is 11.0. The summed E-state index contributed by atoms with van der Waals surface area (Å²) in [5.41, 5.74) is 0.949. The molecule has 0 heterocycles. The summed E-state index contributed by atoms with van der Waals surface area (Å²) < 4.78 is 0. The molecular formula is C10H11BrClNO2. The van der Waals surface area contributed by atoms with Crippen LogP contribution in [-0.2, 0) is 0 Å². The Balaban J connectivity index is 3.08. The molecule has 1 aromatic carbocycles. The molecule has 0 spiro atoms. The average molecular weight is 293 g/mol. The predicted molar refractivity (Wildman–Crippen MR) is 64.9 cm³/mol. The van der Waals surface area contributed by atoms with Crippen LogP contribution in [0.3, 0.4) is 0 Å². The van der Waals surface area contributed by atoms with Crippen LogP contribution < -0.4 is 0 Å². The number of hydrogen-bond acceptors (Lipinski definition) is 2. The van der Waals surface area contributed by atoms with E-state index in [0.717, 1.165) is 5.56 Å². The molecule has 2 atom stereocenters. The lowest BCUT2D eigenvalue weighted by Crippen LogP contribution is -2.05. The minimum atomic E-state index is -0.447. The lowest BCUT2D eigenvalue weighted by Gasteiger charge is -2.15. The quantitative estimate of drug-likeness (QED) is 0.477. The van der Waals surface area contributed by atoms with Crippen LogP contribution in [0.4, 0.5) is 5.69 Å². The Bertz CT molecular complexity index is 382. The number of nitro groups is 1. The third-order valence-electron chi connectivity index (χ3n) is 2.37. The van der Waals surface area contributed by atoms with Gasteiger partial charge in [0.05, 0.1) is 9.95 Å². The Morgan fingerprint density at radius 2 is 2.07 bits per heavy atom. The van der Waals surface area contributed by atoms with Gasteiger partial charge >= 0.3 is 0 Å². The van der Waals surface area contributed by atoms with Crippen molar-refractivity contribution in [1.29, 1.82) is 0 Å². The van der Waals surface area contributed by atoms with E-state index in [0.29, 0.717) is 5.02 Å². The molecule has 0 aliphatic heterocycles. The normalized spacial score (nSPS) is 14.7. The van der Waals surface area contributed by atoms with Crippen LogP contribution in [-0.4, -0.2) is 9.75 Å². The van der Waals surface area contributed by atoms with Crippen molar-refractivity contribution in [3.8, 4) is 0 Å². The van der Waals surface area contributed by atoms with Crippen LogP contribution in [0.1, 0.15) is 25.3 Å². The summed E-state index contributed by atoms with van der Waals surface area (Å²) in [4.78, 5) is 10.3. The van der Waals surface area contributed by atoms with Crippen molar-refractivity contribution >= 4 is 33.2 Å². The number of non-ortho nitro benzene ring substituents is 1. The van der Waals surface area contributed by atoms with Gasteiger partial charge in [0, 0.05) is 17.0 Å². The van der Waals surface area contributed by atoms with Gasteiger partial charge in [0.15, 0.2) is 0 Å². The average Bonchev–Trinajstić information content (AvgIpc) is 2.16. The number of halogens is 2. The van der Waals surface area contributed by atoms with Crippen molar-refractivity contribution in [3.63, 3.8) is 0 Å². The van der Waals surface area contributed by atoms with E-state index < -0.39 is 4.92 Å². The minimum Gasteiger partial charge on any atom is -0.258 e. The number of alkyl halides is 1. The Labute approximate surface area is 102 Å². The van der Waals surface area contributed by atoms with Crippen molar-refractivity contribution in [2.75, 3.05) is 0 Å². The van der Waals surface area contributed by atoms with Gasteiger partial charge in [-0.2, -0.15) is 0 Å². The van der Waals surface area contributed by atoms with Gasteiger partial charge in [-0.1, -0.05) is 47.4 Å². The first kappa shape index (κ1) is 12.5. The molecule has 0 aromatic heterocycles. The van der Waals surface area contributed by atoms with E-state index in [2.05, 4.69) is 15.9 Å². The molecule has 82 valence electrons. The van der Waals surface area contributed by atoms with E-state index in [1.165, 1.54) is 12.1 Å². The summed E-state index contributed by atoms with van der Waals surface area (Å²) in [6.45, 7) is 4.04. The van der Waals surface area contributed by atoms with E-state index in [1.807, 2.05) is 13.8 Å². The molecule has 0 aliphatic carbocycles. The highest BCUT2D eigenvalue weighted by Gasteiger charge is 2.17. The maximum Gasteiger partial charge on any atom is 0.270 e. The first-order valence-corrected chi connectivity index (χ1v) is 5.80. The second-order valence-electron chi connectivity index (χ2n) is 3.43. The maximum absolute atomic E-state index is 10.5. The Morgan fingerprint density at radius 3 is 2.47 bits per heavy atom. The van der Waals surface area contributed by atoms with Crippen LogP contribution >= 0.6 is 27.5 Å². The summed E-state index contributed by atoms with van der Waals surface area (Å²) in [6, 6.07) is 4.58. The van der Waals surface area contributed by atoms with E-state index in [1.54, 1.807) is 6.07 Å². The highest BCUT2D eigenvalue weighted by molar-refractivity contribution is 9.09. The van der Waals surface area contributed by atoms with Gasteiger partial charge in [0.25, 0.3) is 5.69 Å². The van der Waals surface area contributed by atoms with E-state index in [4.69, 9.17) is 11.6 Å². The Kier molecular flexibility index (Phi) is 4.11. The Morgan fingerprint density at radius 1 is 1.47 bits per heavy atom. The van der Waals surface area contributed by atoms with E-state index in [-0.39, 0.29) is 16.4 Å². The Hall–Kier alpha value is -0.610. The van der Waals surface area contributed by atoms with Crippen LogP contribution in [0, 0.1) is 10.1 Å². The van der Waals surface area contributed by atoms with Gasteiger partial charge in [-0.25, -0.2) is 0 Å². The predicted octanol–water partition coefficient (Wildman–Crippen LogP) is 4.14. The first-order chi connectivity index (χ1) is 6.93. The second-order valence-corrected chi connectivity index (χ2v) is 5.28. The molecule has 0 saturated heterocycles. The summed E-state index contributed by atoms with van der Waals surface area (Å²) in [5.74, 6) is 0.221. The highest BCUT2D eigenvalue weighted by atomic mass is 79.9. The first-order valence-electron chi connectivity index (χ1n) is 4.51. The molecule has 0 aliphatic rings. The molecule has 0 bridgehead atoms. The van der Waals surface area contributed by atoms with Crippen molar-refractivity contribution in [2.24, 2.45) is 0 Å². The number of rotatable bonds is 3. The van der Waals surface area contributed by atoms with Crippen LogP contribution in [0.5, 0.6) is 0 Å². The molecular weight excluding hydrogens is 281 g/mol. The van der Waals surface area contributed by atoms with E-state index >= 15 is 0 Å². The molecule has 0 fully saturated rings. The topological polar surface area (TPSA) is 43.1 Å². The van der Waals surface area contributed by atoms with Gasteiger partial charge < -0.3 is 0 Å². The molecule has 0 amide bonds.